The molecule has 0 radical (unpaired) electrons. The van der Waals surface area contributed by atoms with Crippen LogP contribution in [0.5, 0.6) is 17.4 Å². The minimum atomic E-state index is -4.63. The van der Waals surface area contributed by atoms with Crippen LogP contribution in [-0.4, -0.2) is 41.3 Å². The zero-order chi connectivity index (χ0) is 27.8. The van der Waals surface area contributed by atoms with Crippen molar-refractivity contribution < 1.29 is 37.3 Å². The summed E-state index contributed by atoms with van der Waals surface area (Å²) in [6, 6.07) is 10.9. The van der Waals surface area contributed by atoms with Crippen LogP contribution in [0.25, 0.3) is 0 Å². The fourth-order valence-electron chi connectivity index (χ4n) is 4.40. The van der Waals surface area contributed by atoms with E-state index in [4.69, 9.17) is 37.8 Å². The third-order valence-electron chi connectivity index (χ3n) is 6.19. The number of likely N-dealkylation sites (N-methyl/N-ethyl adjacent to an activating group) is 1. The summed E-state index contributed by atoms with van der Waals surface area (Å²) in [4.78, 5) is 28.6. The average molecular weight is 569 g/mol. The first-order valence-corrected chi connectivity index (χ1v) is 12.2. The fraction of sp³-hybridized carbons (Fsp3) is 0.269. The predicted molar refractivity (Wildman–Crippen MR) is 135 cm³/mol. The Morgan fingerprint density at radius 2 is 1.92 bits per heavy atom. The van der Waals surface area contributed by atoms with Crippen molar-refractivity contribution >= 4 is 40.8 Å². The van der Waals surface area contributed by atoms with Gasteiger partial charge in [0.15, 0.2) is 6.61 Å². The highest BCUT2D eigenvalue weighted by Gasteiger charge is 2.45. The predicted octanol–water partition coefficient (Wildman–Crippen LogP) is 7.07. The number of hydrogen-bond donors (Lipinski definition) is 1. The minimum Gasteiger partial charge on any atom is -0.482 e. The number of amides is 1. The molecule has 1 N–H and O–H groups in total. The number of carbonyl (C=O) groups excluding carboxylic acids is 1. The number of fused-ring (bicyclic) bond motifs is 1. The van der Waals surface area contributed by atoms with Gasteiger partial charge in [0.05, 0.1) is 17.2 Å². The number of alkyl halides is 3. The third-order valence-corrected chi connectivity index (χ3v) is 6.81. The van der Waals surface area contributed by atoms with Crippen LogP contribution < -0.4 is 14.4 Å². The van der Waals surface area contributed by atoms with E-state index in [-0.39, 0.29) is 63.2 Å². The van der Waals surface area contributed by atoms with Gasteiger partial charge in [-0.3, -0.25) is 4.79 Å². The van der Waals surface area contributed by atoms with E-state index in [1.54, 1.807) is 6.92 Å². The molecule has 0 spiro atoms. The number of ether oxygens (including phenoxy) is 2. The van der Waals surface area contributed by atoms with Gasteiger partial charge >= 0.3 is 12.1 Å². The third kappa shape index (κ3) is 5.51. The first-order valence-electron chi connectivity index (χ1n) is 11.4. The standard InChI is InChI=1S/C26H21Cl2F3N2O5/c1-3-33-19-10-14(4-8-20(19)37-12-22(33)34)23(26(29,30)31)13(2)16-6-5-15(11-18(16)27)38-21-9-7-17(25(35)36)24(28)32-21/h4-11,13,23H,3,12H2,1-2H3,(H,35,36). The second-order valence-corrected chi connectivity index (χ2v) is 9.31. The molecule has 2 heterocycles. The van der Waals surface area contributed by atoms with Gasteiger partial charge in [0.1, 0.15) is 16.7 Å². The second-order valence-electron chi connectivity index (χ2n) is 8.54. The molecule has 1 aliphatic rings. The van der Waals surface area contributed by atoms with E-state index in [2.05, 4.69) is 4.98 Å². The molecule has 7 nitrogen and oxygen atoms in total. The maximum atomic E-state index is 14.4. The van der Waals surface area contributed by atoms with Gasteiger partial charge in [0.2, 0.25) is 5.88 Å². The number of carboxylic acids is 1. The first-order chi connectivity index (χ1) is 17.9. The monoisotopic (exact) mass is 568 g/mol. The smallest absolute Gasteiger partial charge is 0.396 e. The molecule has 0 fully saturated rings. The maximum absolute atomic E-state index is 14.4. The van der Waals surface area contributed by atoms with Gasteiger partial charge in [0.25, 0.3) is 5.91 Å². The van der Waals surface area contributed by atoms with E-state index >= 15 is 0 Å². The number of hydrogen-bond acceptors (Lipinski definition) is 5. The summed E-state index contributed by atoms with van der Waals surface area (Å²) in [5.74, 6) is -4.13. The molecule has 12 heteroatoms. The maximum Gasteiger partial charge on any atom is 0.396 e. The molecule has 1 aromatic heterocycles. The lowest BCUT2D eigenvalue weighted by molar-refractivity contribution is -0.154. The van der Waals surface area contributed by atoms with E-state index in [9.17, 15) is 22.8 Å². The number of carbonyl (C=O) groups is 2. The van der Waals surface area contributed by atoms with E-state index in [0.29, 0.717) is 5.75 Å². The van der Waals surface area contributed by atoms with Crippen molar-refractivity contribution in [1.29, 1.82) is 0 Å². The van der Waals surface area contributed by atoms with Crippen LogP contribution in [0.1, 0.15) is 47.2 Å². The number of rotatable bonds is 7. The molecule has 1 aliphatic heterocycles. The normalized spacial score (nSPS) is 14.9. The molecule has 2 aromatic carbocycles. The Labute approximate surface area is 225 Å². The largest absolute Gasteiger partial charge is 0.482 e. The molecule has 3 aromatic rings. The Bertz CT molecular complexity index is 1400. The molecule has 2 atom stereocenters. The van der Waals surface area contributed by atoms with Crippen LogP contribution in [0.4, 0.5) is 18.9 Å². The van der Waals surface area contributed by atoms with Crippen molar-refractivity contribution in [2.45, 2.75) is 31.9 Å². The Morgan fingerprint density at radius 3 is 2.53 bits per heavy atom. The molecular weight excluding hydrogens is 548 g/mol. The molecule has 200 valence electrons. The lowest BCUT2D eigenvalue weighted by Crippen LogP contribution is -2.38. The van der Waals surface area contributed by atoms with Crippen molar-refractivity contribution in [2.24, 2.45) is 0 Å². The summed E-state index contributed by atoms with van der Waals surface area (Å²) in [5, 5.41) is 8.81. The fourth-order valence-corrected chi connectivity index (χ4v) is 4.97. The van der Waals surface area contributed by atoms with Gasteiger partial charge in [-0.1, -0.05) is 42.3 Å². The highest BCUT2D eigenvalue weighted by Crippen LogP contribution is 2.48. The number of halogens is 5. The highest BCUT2D eigenvalue weighted by molar-refractivity contribution is 6.32. The summed E-state index contributed by atoms with van der Waals surface area (Å²) >= 11 is 12.3. The lowest BCUT2D eigenvalue weighted by Gasteiger charge is -2.32. The van der Waals surface area contributed by atoms with Crippen molar-refractivity contribution in [3.8, 4) is 17.4 Å². The average Bonchev–Trinajstić information content (AvgIpc) is 2.83. The highest BCUT2D eigenvalue weighted by atomic mass is 35.5. The molecular formula is C26H21Cl2F3N2O5. The Morgan fingerprint density at radius 1 is 1.18 bits per heavy atom. The molecule has 0 bridgehead atoms. The van der Waals surface area contributed by atoms with E-state index in [0.717, 1.165) is 0 Å². The SMILES string of the molecule is CCN1C(=O)COc2ccc(C(C(C)c3ccc(Oc4ccc(C(=O)O)c(Cl)n4)cc3Cl)C(F)(F)F)cc21. The number of benzene rings is 2. The second kappa shape index (κ2) is 10.7. The van der Waals surface area contributed by atoms with Crippen LogP contribution in [0.3, 0.4) is 0 Å². The summed E-state index contributed by atoms with van der Waals surface area (Å²) in [5.41, 5.74) is 0.275. The molecule has 2 unspecified atom stereocenters. The molecule has 0 saturated heterocycles. The van der Waals surface area contributed by atoms with Crippen LogP contribution in [0.15, 0.2) is 48.5 Å². The molecule has 1 amide bonds. The van der Waals surface area contributed by atoms with Crippen LogP contribution in [-0.2, 0) is 4.79 Å². The summed E-state index contributed by atoms with van der Waals surface area (Å²) in [7, 11) is 0. The summed E-state index contributed by atoms with van der Waals surface area (Å²) in [6.07, 6.45) is -4.63. The number of aromatic nitrogens is 1. The number of carboxylic acid groups (broad SMARTS) is 1. The van der Waals surface area contributed by atoms with Crippen molar-refractivity contribution in [3.05, 3.63) is 75.4 Å². The topological polar surface area (TPSA) is 89.0 Å². The van der Waals surface area contributed by atoms with E-state index < -0.39 is 24.0 Å². The molecule has 4 rings (SSSR count). The molecule has 0 aliphatic carbocycles. The summed E-state index contributed by atoms with van der Waals surface area (Å²) in [6.45, 7) is 3.27. The Hall–Kier alpha value is -3.50. The van der Waals surface area contributed by atoms with Gasteiger partial charge in [-0.05, 0) is 54.3 Å². The van der Waals surface area contributed by atoms with E-state index in [1.165, 1.54) is 60.4 Å². The van der Waals surface area contributed by atoms with Gasteiger partial charge in [-0.15, -0.1) is 0 Å². The Kier molecular flexibility index (Phi) is 7.75. The zero-order valence-corrected chi connectivity index (χ0v) is 21.6. The van der Waals surface area contributed by atoms with Crippen molar-refractivity contribution in [1.82, 2.24) is 4.98 Å². The Balaban J connectivity index is 1.64. The zero-order valence-electron chi connectivity index (χ0n) is 20.1. The summed E-state index contributed by atoms with van der Waals surface area (Å²) < 4.78 is 54.2. The first kappa shape index (κ1) is 27.5. The van der Waals surface area contributed by atoms with Crippen molar-refractivity contribution in [3.63, 3.8) is 0 Å². The van der Waals surface area contributed by atoms with Gasteiger partial charge in [0, 0.05) is 17.6 Å². The lowest BCUT2D eigenvalue weighted by atomic mass is 9.81. The number of aromatic carboxylic acids is 1. The molecule has 38 heavy (non-hydrogen) atoms. The van der Waals surface area contributed by atoms with Gasteiger partial charge in [-0.25, -0.2) is 9.78 Å². The van der Waals surface area contributed by atoms with Crippen molar-refractivity contribution in [2.75, 3.05) is 18.1 Å². The van der Waals surface area contributed by atoms with E-state index in [1.807, 2.05) is 0 Å². The van der Waals surface area contributed by atoms with Gasteiger partial charge in [-0.2, -0.15) is 13.2 Å². The number of pyridine rings is 1. The number of anilines is 1. The van der Waals surface area contributed by atoms with Crippen LogP contribution in [0.2, 0.25) is 10.2 Å². The van der Waals surface area contributed by atoms with Gasteiger partial charge < -0.3 is 19.5 Å². The molecule has 0 saturated carbocycles. The number of nitrogens with zero attached hydrogens (tertiary/aromatic N) is 2. The minimum absolute atomic E-state index is 0.0173. The quantitative estimate of drug-likeness (QED) is 0.306. The van der Waals surface area contributed by atoms with Crippen LogP contribution in [0, 0.1) is 0 Å². The van der Waals surface area contributed by atoms with Crippen LogP contribution >= 0.6 is 23.2 Å².